The minimum atomic E-state index is -6.13. The highest BCUT2D eigenvalue weighted by atomic mass is 35.5. The van der Waals surface area contributed by atoms with Gasteiger partial charge in [0.05, 0.1) is 5.52 Å². The zero-order chi connectivity index (χ0) is 33.7. The van der Waals surface area contributed by atoms with E-state index in [2.05, 4.69) is 9.17 Å². The minimum Gasteiger partial charge on any atom is -0.355 e. The van der Waals surface area contributed by atoms with Gasteiger partial charge in [-0.05, 0) is 70.6 Å². The Kier molecular flexibility index (Phi) is 9.11. The summed E-state index contributed by atoms with van der Waals surface area (Å²) in [4.78, 5) is 3.97. The lowest BCUT2D eigenvalue weighted by molar-refractivity contribution is -0.0503. The lowest BCUT2D eigenvalue weighted by Gasteiger charge is -2.27. The molecule has 244 valence electrons. The normalized spacial score (nSPS) is 15.3. The standard InChI is InChI=1S/C29H20Cl2F6N2O5S2/c30-21-6-1-18(2-7-21)27(19-3-8-22(31)9-4-19)20-5-10-25-24(15-20)23(16-26(38-25)44-46(42,43)29(35,36)37)17-11-13-39(14-12-17)45(40,41)28(32,33)34/h1-11,15-16,27H,12-14H2. The maximum atomic E-state index is 13.2. The van der Waals surface area contributed by atoms with Gasteiger partial charge in [-0.25, -0.2) is 13.4 Å². The monoisotopic (exact) mass is 724 g/mol. The van der Waals surface area contributed by atoms with Crippen molar-refractivity contribution >= 4 is 59.8 Å². The highest BCUT2D eigenvalue weighted by molar-refractivity contribution is 7.90. The molecule has 0 saturated carbocycles. The summed E-state index contributed by atoms with van der Waals surface area (Å²) in [5, 5.41) is 1.26. The highest BCUT2D eigenvalue weighted by Gasteiger charge is 2.50. The average molecular weight is 726 g/mol. The Labute approximate surface area is 269 Å². The zero-order valence-corrected chi connectivity index (χ0v) is 26.1. The van der Waals surface area contributed by atoms with E-state index in [1.165, 1.54) is 12.1 Å². The Morgan fingerprint density at radius 3 is 1.78 bits per heavy atom. The number of pyridine rings is 1. The van der Waals surface area contributed by atoms with Crippen LogP contribution in [-0.2, 0) is 20.1 Å². The van der Waals surface area contributed by atoms with Gasteiger partial charge in [0.15, 0.2) is 0 Å². The van der Waals surface area contributed by atoms with Crippen molar-refractivity contribution in [1.29, 1.82) is 0 Å². The molecule has 0 amide bonds. The molecule has 7 nitrogen and oxygen atoms in total. The van der Waals surface area contributed by atoms with E-state index in [1.807, 2.05) is 0 Å². The summed E-state index contributed by atoms with van der Waals surface area (Å²) in [5.74, 6) is -1.38. The first-order valence-electron chi connectivity index (χ1n) is 13.1. The van der Waals surface area contributed by atoms with E-state index in [9.17, 15) is 43.2 Å². The Hall–Kier alpha value is -3.37. The van der Waals surface area contributed by atoms with Gasteiger partial charge in [-0.1, -0.05) is 59.6 Å². The molecule has 1 aliphatic rings. The third-order valence-corrected chi connectivity index (χ3v) is 10.2. The summed E-state index contributed by atoms with van der Waals surface area (Å²) in [6.07, 6.45) is 0.883. The van der Waals surface area contributed by atoms with Crippen LogP contribution >= 0.6 is 23.2 Å². The van der Waals surface area contributed by atoms with Crippen LogP contribution in [0.25, 0.3) is 16.5 Å². The fourth-order valence-corrected chi connectivity index (χ4v) is 6.57. The number of fused-ring (bicyclic) bond motifs is 1. The number of nitrogens with zero attached hydrogens (tertiary/aromatic N) is 2. The molecule has 3 aromatic carbocycles. The van der Waals surface area contributed by atoms with Gasteiger partial charge in [-0.15, -0.1) is 0 Å². The van der Waals surface area contributed by atoms with E-state index in [0.29, 0.717) is 21.0 Å². The quantitative estimate of drug-likeness (QED) is 0.0833. The van der Waals surface area contributed by atoms with Crippen molar-refractivity contribution in [3.63, 3.8) is 0 Å². The van der Waals surface area contributed by atoms with Crippen molar-refractivity contribution in [2.24, 2.45) is 0 Å². The number of hydrogen-bond donors (Lipinski definition) is 0. The molecular formula is C29H20Cl2F6N2O5S2. The second-order valence-electron chi connectivity index (χ2n) is 10.1. The first-order valence-corrected chi connectivity index (χ1v) is 16.7. The number of aromatic nitrogens is 1. The zero-order valence-electron chi connectivity index (χ0n) is 23.0. The van der Waals surface area contributed by atoms with Crippen LogP contribution in [0.15, 0.2) is 78.9 Å². The molecule has 0 radical (unpaired) electrons. The van der Waals surface area contributed by atoms with Crippen LogP contribution < -0.4 is 4.18 Å². The molecule has 46 heavy (non-hydrogen) atoms. The number of rotatable bonds is 7. The number of hydrogen-bond acceptors (Lipinski definition) is 6. The van der Waals surface area contributed by atoms with Gasteiger partial charge >= 0.3 is 31.2 Å². The third-order valence-electron chi connectivity index (χ3n) is 7.18. The molecule has 4 aromatic rings. The summed E-state index contributed by atoms with van der Waals surface area (Å²) in [6, 6.07) is 19.6. The second kappa shape index (κ2) is 12.3. The van der Waals surface area contributed by atoms with E-state index in [-0.39, 0.29) is 27.4 Å². The number of benzene rings is 3. The highest BCUT2D eigenvalue weighted by Crippen LogP contribution is 2.39. The minimum absolute atomic E-state index is 0.00540. The molecule has 5 rings (SSSR count). The van der Waals surface area contributed by atoms with Crippen LogP contribution in [-0.4, -0.2) is 50.2 Å². The molecule has 17 heteroatoms. The fraction of sp³-hybridized carbons (Fsp3) is 0.207. The van der Waals surface area contributed by atoms with Crippen molar-refractivity contribution in [3.8, 4) is 5.88 Å². The molecule has 0 bridgehead atoms. The smallest absolute Gasteiger partial charge is 0.355 e. The molecule has 1 aromatic heterocycles. The maximum absolute atomic E-state index is 13.2. The van der Waals surface area contributed by atoms with Crippen molar-refractivity contribution in [1.82, 2.24) is 9.29 Å². The van der Waals surface area contributed by atoms with Gasteiger partial charge in [0, 0.05) is 40.5 Å². The van der Waals surface area contributed by atoms with Gasteiger partial charge in [0.1, 0.15) is 0 Å². The first kappa shape index (κ1) is 34.0. The van der Waals surface area contributed by atoms with Crippen LogP contribution in [0, 0.1) is 0 Å². The molecule has 0 N–H and O–H groups in total. The van der Waals surface area contributed by atoms with E-state index in [4.69, 9.17) is 23.2 Å². The van der Waals surface area contributed by atoms with Crippen LogP contribution in [0.5, 0.6) is 5.88 Å². The Morgan fingerprint density at radius 1 is 0.761 bits per heavy atom. The Morgan fingerprint density at radius 2 is 1.30 bits per heavy atom. The first-order chi connectivity index (χ1) is 21.4. The van der Waals surface area contributed by atoms with Crippen LogP contribution in [0.1, 0.15) is 34.6 Å². The summed E-state index contributed by atoms with van der Waals surface area (Å²) < 4.78 is 131. The van der Waals surface area contributed by atoms with Gasteiger partial charge in [-0.2, -0.15) is 39.1 Å². The molecule has 0 saturated heterocycles. The van der Waals surface area contributed by atoms with Gasteiger partial charge in [0.25, 0.3) is 0 Å². The lowest BCUT2D eigenvalue weighted by Crippen LogP contribution is -2.42. The van der Waals surface area contributed by atoms with Gasteiger partial charge < -0.3 is 4.18 Å². The largest absolute Gasteiger partial charge is 0.534 e. The molecule has 0 aliphatic carbocycles. The molecule has 1 aliphatic heterocycles. The fourth-order valence-electron chi connectivity index (χ4n) is 5.01. The molecule has 0 atom stereocenters. The van der Waals surface area contributed by atoms with Crippen molar-refractivity contribution < 1.29 is 47.4 Å². The molecule has 2 heterocycles. The van der Waals surface area contributed by atoms with E-state index >= 15 is 0 Å². The lowest BCUT2D eigenvalue weighted by atomic mass is 9.84. The number of sulfonamides is 1. The van der Waals surface area contributed by atoms with Gasteiger partial charge in [0.2, 0.25) is 5.88 Å². The summed E-state index contributed by atoms with van der Waals surface area (Å²) >= 11 is 12.2. The predicted octanol–water partition coefficient (Wildman–Crippen LogP) is 7.89. The van der Waals surface area contributed by atoms with E-state index < -0.39 is 56.0 Å². The SMILES string of the molecule is O=S(=O)(Oc1cc(C2=CCN(S(=O)(=O)C(F)(F)F)CC2)c2cc(C(c3ccc(Cl)cc3)c3ccc(Cl)cc3)ccc2n1)C(F)(F)F. The third kappa shape index (κ3) is 6.83. The van der Waals surface area contributed by atoms with Crippen LogP contribution in [0.4, 0.5) is 26.3 Å². The molecule has 0 spiro atoms. The molecule has 0 fully saturated rings. The van der Waals surface area contributed by atoms with E-state index in [0.717, 1.165) is 17.2 Å². The van der Waals surface area contributed by atoms with Crippen molar-refractivity contribution in [2.75, 3.05) is 13.1 Å². The summed E-state index contributed by atoms with van der Waals surface area (Å²) in [6.45, 7) is -1.30. The van der Waals surface area contributed by atoms with Crippen molar-refractivity contribution in [3.05, 3.63) is 111 Å². The van der Waals surface area contributed by atoms with Crippen molar-refractivity contribution in [2.45, 2.75) is 23.4 Å². The van der Waals surface area contributed by atoms with E-state index in [1.54, 1.807) is 60.7 Å². The topological polar surface area (TPSA) is 93.6 Å². The van der Waals surface area contributed by atoms with Crippen LogP contribution in [0.2, 0.25) is 10.0 Å². The molecular weight excluding hydrogens is 705 g/mol. The number of alkyl halides is 6. The predicted molar refractivity (Wildman–Crippen MR) is 160 cm³/mol. The number of halogens is 8. The Bertz CT molecular complexity index is 1990. The van der Waals surface area contributed by atoms with Crippen LogP contribution in [0.3, 0.4) is 0 Å². The summed E-state index contributed by atoms with van der Waals surface area (Å²) in [7, 11) is -11.8. The average Bonchev–Trinajstić information content (AvgIpc) is 2.97. The summed E-state index contributed by atoms with van der Waals surface area (Å²) in [5.41, 5.74) is -8.74. The van der Waals surface area contributed by atoms with Gasteiger partial charge in [-0.3, -0.25) is 0 Å². The second-order valence-corrected chi connectivity index (χ2v) is 14.4. The molecule has 0 unspecified atom stereocenters. The Balaban J connectivity index is 1.68. The maximum Gasteiger partial charge on any atom is 0.534 e.